The molecule has 1 aromatic carbocycles. The highest BCUT2D eigenvalue weighted by Crippen LogP contribution is 2.35. The molecule has 4 nitrogen and oxygen atoms in total. The van der Waals surface area contributed by atoms with Crippen molar-refractivity contribution >= 4 is 10.0 Å². The fraction of sp³-hybridized carbons (Fsp3) is 0.500. The number of aryl methyl sites for hydroxylation is 1. The Hall–Kier alpha value is -1.17. The molecular weight excluding hydrogens is 286 g/mol. The minimum absolute atomic E-state index is 0.0368. The van der Waals surface area contributed by atoms with E-state index in [1.165, 1.54) is 4.31 Å². The lowest BCUT2D eigenvalue weighted by molar-refractivity contribution is 0.0129. The average molecular weight is 309 g/mol. The topological polar surface area (TPSA) is 57.6 Å². The van der Waals surface area contributed by atoms with Crippen molar-refractivity contribution in [2.24, 2.45) is 11.8 Å². The van der Waals surface area contributed by atoms with Crippen LogP contribution in [0.25, 0.3) is 0 Å². The van der Waals surface area contributed by atoms with E-state index in [-0.39, 0.29) is 11.8 Å². The van der Waals surface area contributed by atoms with E-state index in [1.807, 2.05) is 6.92 Å². The lowest BCUT2D eigenvalue weighted by atomic mass is 9.83. The van der Waals surface area contributed by atoms with Gasteiger partial charge in [-0.1, -0.05) is 23.8 Å². The predicted octanol–water partition coefficient (Wildman–Crippen LogP) is 2.19. The summed E-state index contributed by atoms with van der Waals surface area (Å²) in [5, 5.41) is 10.2. The number of rotatable bonds is 4. The molecule has 0 saturated carbocycles. The van der Waals surface area contributed by atoms with Crippen molar-refractivity contribution < 1.29 is 13.5 Å². The van der Waals surface area contributed by atoms with Crippen molar-refractivity contribution in [1.82, 2.24) is 4.31 Å². The summed E-state index contributed by atoms with van der Waals surface area (Å²) >= 11 is 0. The van der Waals surface area contributed by atoms with E-state index < -0.39 is 15.6 Å². The summed E-state index contributed by atoms with van der Waals surface area (Å²) in [4.78, 5) is 0.298. The number of hydrogen-bond acceptors (Lipinski definition) is 3. The summed E-state index contributed by atoms with van der Waals surface area (Å²) in [6.07, 6.45) is 1.74. The average Bonchev–Trinajstić information content (AvgIpc) is 2.84. The van der Waals surface area contributed by atoms with Crippen LogP contribution in [0.15, 0.2) is 41.8 Å². The maximum absolute atomic E-state index is 12.7. The summed E-state index contributed by atoms with van der Waals surface area (Å²) in [5.74, 6) is -0.180. The van der Waals surface area contributed by atoms with Gasteiger partial charge in [0.2, 0.25) is 10.0 Å². The number of sulfonamides is 1. The van der Waals surface area contributed by atoms with Crippen LogP contribution >= 0.6 is 0 Å². The second kappa shape index (κ2) is 5.55. The molecule has 2 rings (SSSR count). The molecule has 0 spiro atoms. The van der Waals surface area contributed by atoms with Crippen molar-refractivity contribution in [3.05, 3.63) is 42.5 Å². The van der Waals surface area contributed by atoms with Gasteiger partial charge in [0, 0.05) is 19.0 Å². The first kappa shape index (κ1) is 16.2. The maximum Gasteiger partial charge on any atom is 0.243 e. The van der Waals surface area contributed by atoms with Crippen LogP contribution in [0.1, 0.15) is 19.4 Å². The van der Waals surface area contributed by atoms with Gasteiger partial charge in [0.25, 0.3) is 0 Å². The third kappa shape index (κ3) is 3.20. The first-order valence-corrected chi connectivity index (χ1v) is 8.52. The summed E-state index contributed by atoms with van der Waals surface area (Å²) in [7, 11) is -3.52. The highest BCUT2D eigenvalue weighted by molar-refractivity contribution is 7.89. The summed E-state index contributed by atoms with van der Waals surface area (Å²) in [5.41, 5.74) is 0.0878. The molecule has 1 aliphatic heterocycles. The van der Waals surface area contributed by atoms with Gasteiger partial charge in [0.1, 0.15) is 0 Å². The molecule has 0 aromatic heterocycles. The van der Waals surface area contributed by atoms with Gasteiger partial charge in [-0.15, -0.1) is 6.58 Å². The Morgan fingerprint density at radius 1 is 1.29 bits per heavy atom. The van der Waals surface area contributed by atoms with Gasteiger partial charge in [-0.05, 0) is 38.8 Å². The lowest BCUT2D eigenvalue weighted by Gasteiger charge is -2.28. The van der Waals surface area contributed by atoms with E-state index in [2.05, 4.69) is 6.58 Å². The molecule has 21 heavy (non-hydrogen) atoms. The van der Waals surface area contributed by atoms with E-state index >= 15 is 0 Å². The zero-order chi connectivity index (χ0) is 15.8. The summed E-state index contributed by atoms with van der Waals surface area (Å²) < 4.78 is 26.8. The lowest BCUT2D eigenvalue weighted by Crippen LogP contribution is -2.36. The minimum atomic E-state index is -3.52. The van der Waals surface area contributed by atoms with Crippen LogP contribution in [-0.4, -0.2) is 36.5 Å². The Bertz CT molecular complexity index is 614. The number of hydrogen-bond donors (Lipinski definition) is 1. The molecular formula is C16H23NO3S. The van der Waals surface area contributed by atoms with Gasteiger partial charge in [0.15, 0.2) is 0 Å². The van der Waals surface area contributed by atoms with Crippen LogP contribution in [0, 0.1) is 18.8 Å². The van der Waals surface area contributed by atoms with Crippen molar-refractivity contribution in [2.75, 3.05) is 13.1 Å². The molecule has 2 atom stereocenters. The molecule has 1 aliphatic rings. The van der Waals surface area contributed by atoms with Crippen LogP contribution in [0.2, 0.25) is 0 Å². The molecule has 1 aromatic rings. The molecule has 5 heteroatoms. The second-order valence-corrected chi connectivity index (χ2v) is 8.23. The van der Waals surface area contributed by atoms with Crippen LogP contribution in [0.3, 0.4) is 0 Å². The van der Waals surface area contributed by atoms with E-state index in [0.29, 0.717) is 18.0 Å². The standard InChI is InChI=1S/C16H23NO3S/c1-5-13-10-17(11-15(13)16(3,4)18)21(19,20)14-8-6-12(2)7-9-14/h5-9,13,15,18H,1,10-11H2,2-4H3/t13-,15-/m1/s1. The highest BCUT2D eigenvalue weighted by atomic mass is 32.2. The molecule has 1 saturated heterocycles. The SMILES string of the molecule is C=C[C@@H]1CN(S(=O)(=O)c2ccc(C)cc2)C[C@H]1C(C)(C)O. The van der Waals surface area contributed by atoms with Crippen molar-refractivity contribution in [1.29, 1.82) is 0 Å². The van der Waals surface area contributed by atoms with E-state index in [9.17, 15) is 13.5 Å². The fourth-order valence-corrected chi connectivity index (χ4v) is 4.34. The smallest absolute Gasteiger partial charge is 0.243 e. The Kier molecular flexibility index (Phi) is 4.29. The molecule has 1 N–H and O–H groups in total. The highest BCUT2D eigenvalue weighted by Gasteiger charge is 2.44. The van der Waals surface area contributed by atoms with Crippen molar-refractivity contribution in [3.63, 3.8) is 0 Å². The molecule has 1 fully saturated rings. The first-order valence-electron chi connectivity index (χ1n) is 7.08. The van der Waals surface area contributed by atoms with Gasteiger partial charge < -0.3 is 5.11 Å². The molecule has 0 amide bonds. The Morgan fingerprint density at radius 2 is 1.86 bits per heavy atom. The van der Waals surface area contributed by atoms with E-state index in [0.717, 1.165) is 5.56 Å². The normalized spacial score (nSPS) is 24.2. The Labute approximate surface area is 127 Å². The van der Waals surface area contributed by atoms with E-state index in [4.69, 9.17) is 0 Å². The molecule has 116 valence electrons. The number of benzene rings is 1. The third-order valence-electron chi connectivity index (χ3n) is 4.20. The maximum atomic E-state index is 12.7. The molecule has 0 bridgehead atoms. The first-order chi connectivity index (χ1) is 9.66. The third-order valence-corrected chi connectivity index (χ3v) is 6.05. The van der Waals surface area contributed by atoms with Crippen molar-refractivity contribution in [2.45, 2.75) is 31.3 Å². The molecule has 0 radical (unpaired) electrons. The second-order valence-electron chi connectivity index (χ2n) is 6.29. The van der Waals surface area contributed by atoms with Crippen molar-refractivity contribution in [3.8, 4) is 0 Å². The van der Waals surface area contributed by atoms with Gasteiger partial charge in [-0.2, -0.15) is 4.31 Å². The molecule has 0 aliphatic carbocycles. The number of aliphatic hydroxyl groups is 1. The zero-order valence-electron chi connectivity index (χ0n) is 12.8. The summed E-state index contributed by atoms with van der Waals surface area (Å²) in [6, 6.07) is 6.85. The van der Waals surface area contributed by atoms with Crippen LogP contribution in [0.5, 0.6) is 0 Å². The van der Waals surface area contributed by atoms with Gasteiger partial charge in [-0.25, -0.2) is 8.42 Å². The summed E-state index contributed by atoms with van der Waals surface area (Å²) in [6.45, 7) is 9.82. The van der Waals surface area contributed by atoms with Crippen LogP contribution in [0.4, 0.5) is 0 Å². The molecule has 0 unspecified atom stereocenters. The predicted molar refractivity (Wildman–Crippen MR) is 83.4 cm³/mol. The van der Waals surface area contributed by atoms with Crippen LogP contribution in [-0.2, 0) is 10.0 Å². The van der Waals surface area contributed by atoms with Crippen LogP contribution < -0.4 is 0 Å². The largest absolute Gasteiger partial charge is 0.390 e. The zero-order valence-corrected chi connectivity index (χ0v) is 13.6. The Morgan fingerprint density at radius 3 is 2.29 bits per heavy atom. The van der Waals surface area contributed by atoms with E-state index in [1.54, 1.807) is 44.2 Å². The van der Waals surface area contributed by atoms with Gasteiger partial charge in [-0.3, -0.25) is 0 Å². The fourth-order valence-electron chi connectivity index (χ4n) is 2.83. The monoisotopic (exact) mass is 309 g/mol. The van der Waals surface area contributed by atoms with Gasteiger partial charge in [0.05, 0.1) is 10.5 Å². The van der Waals surface area contributed by atoms with Gasteiger partial charge >= 0.3 is 0 Å². The number of nitrogens with zero attached hydrogens (tertiary/aromatic N) is 1. The minimum Gasteiger partial charge on any atom is -0.390 e. The quantitative estimate of drug-likeness (QED) is 0.867. The molecule has 1 heterocycles. The Balaban J connectivity index is 2.30.